The molecule has 1 fully saturated rings. The zero-order valence-electron chi connectivity index (χ0n) is 15.9. The fraction of sp³-hybridized carbons (Fsp3) is 0.500. The molecule has 0 heterocycles. The Balaban J connectivity index is 1.35. The zero-order chi connectivity index (χ0) is 17.9. The monoisotopic (exact) mass is 349 g/mol. The molecule has 2 aliphatic rings. The Labute approximate surface area is 157 Å². The van der Waals surface area contributed by atoms with Crippen LogP contribution in [0.3, 0.4) is 0 Å². The van der Waals surface area contributed by atoms with Crippen molar-refractivity contribution in [2.24, 2.45) is 5.73 Å². The minimum Gasteiger partial charge on any atom is -0.373 e. The SMILES string of the molecule is CCc1ccc(COC2CCc3cc(C4CCC(N)C4)ccc3C2)cc1. The lowest BCUT2D eigenvalue weighted by Crippen LogP contribution is -2.22. The molecule has 3 unspecified atom stereocenters. The Morgan fingerprint density at radius 2 is 1.77 bits per heavy atom. The maximum Gasteiger partial charge on any atom is 0.0720 e. The van der Waals surface area contributed by atoms with E-state index < -0.39 is 0 Å². The van der Waals surface area contributed by atoms with Crippen molar-refractivity contribution in [2.75, 3.05) is 0 Å². The summed E-state index contributed by atoms with van der Waals surface area (Å²) in [6.07, 6.45) is 8.34. The van der Waals surface area contributed by atoms with Crippen molar-refractivity contribution in [1.29, 1.82) is 0 Å². The first-order valence-corrected chi connectivity index (χ1v) is 10.3. The molecule has 1 saturated carbocycles. The van der Waals surface area contributed by atoms with E-state index in [4.69, 9.17) is 10.5 Å². The van der Waals surface area contributed by atoms with Crippen molar-refractivity contribution in [3.05, 3.63) is 70.3 Å². The molecular weight excluding hydrogens is 318 g/mol. The lowest BCUT2D eigenvalue weighted by atomic mass is 9.86. The zero-order valence-corrected chi connectivity index (χ0v) is 15.9. The van der Waals surface area contributed by atoms with Crippen LogP contribution >= 0.6 is 0 Å². The topological polar surface area (TPSA) is 35.2 Å². The van der Waals surface area contributed by atoms with Gasteiger partial charge in [0.15, 0.2) is 0 Å². The van der Waals surface area contributed by atoms with E-state index in [-0.39, 0.29) is 0 Å². The van der Waals surface area contributed by atoms with Gasteiger partial charge in [-0.15, -0.1) is 0 Å². The molecule has 0 saturated heterocycles. The van der Waals surface area contributed by atoms with Gasteiger partial charge in [-0.2, -0.15) is 0 Å². The van der Waals surface area contributed by atoms with Crippen LogP contribution in [-0.4, -0.2) is 12.1 Å². The van der Waals surface area contributed by atoms with E-state index in [9.17, 15) is 0 Å². The van der Waals surface area contributed by atoms with Crippen LogP contribution < -0.4 is 5.73 Å². The maximum absolute atomic E-state index is 6.23. The van der Waals surface area contributed by atoms with Crippen molar-refractivity contribution in [3.8, 4) is 0 Å². The van der Waals surface area contributed by atoms with Crippen molar-refractivity contribution in [2.45, 2.75) is 76.5 Å². The molecule has 2 aliphatic carbocycles. The number of fused-ring (bicyclic) bond motifs is 1. The number of hydrogen-bond donors (Lipinski definition) is 1. The number of ether oxygens (including phenoxy) is 1. The van der Waals surface area contributed by atoms with Crippen molar-refractivity contribution in [1.82, 2.24) is 0 Å². The van der Waals surface area contributed by atoms with Crippen molar-refractivity contribution >= 4 is 0 Å². The average molecular weight is 350 g/mol. The van der Waals surface area contributed by atoms with Crippen LogP contribution in [-0.2, 0) is 30.6 Å². The van der Waals surface area contributed by atoms with Crippen LogP contribution in [0.5, 0.6) is 0 Å². The number of benzene rings is 2. The molecule has 0 aromatic heterocycles. The third kappa shape index (κ3) is 4.02. The largest absolute Gasteiger partial charge is 0.373 e. The smallest absolute Gasteiger partial charge is 0.0720 e. The second-order valence-electron chi connectivity index (χ2n) is 8.14. The van der Waals surface area contributed by atoms with Crippen LogP contribution in [0.25, 0.3) is 0 Å². The Bertz CT molecular complexity index is 736. The van der Waals surface area contributed by atoms with Crippen molar-refractivity contribution < 1.29 is 4.74 Å². The number of aryl methyl sites for hydroxylation is 2. The molecule has 2 nitrogen and oxygen atoms in total. The first kappa shape index (κ1) is 17.8. The Morgan fingerprint density at radius 1 is 0.962 bits per heavy atom. The highest BCUT2D eigenvalue weighted by atomic mass is 16.5. The minimum atomic E-state index is 0.346. The van der Waals surface area contributed by atoms with Gasteiger partial charge in [-0.1, -0.05) is 49.4 Å². The van der Waals surface area contributed by atoms with Crippen LogP contribution in [0.1, 0.15) is 66.3 Å². The summed E-state index contributed by atoms with van der Waals surface area (Å²) in [5.41, 5.74) is 13.3. The second-order valence-corrected chi connectivity index (χ2v) is 8.14. The van der Waals surface area contributed by atoms with Gasteiger partial charge in [0.05, 0.1) is 12.7 Å². The predicted octanol–water partition coefficient (Wildman–Crippen LogP) is 4.92. The highest BCUT2D eigenvalue weighted by Crippen LogP contribution is 2.35. The Kier molecular flexibility index (Phi) is 5.42. The normalized spacial score (nSPS) is 25.2. The number of nitrogens with two attached hydrogens (primary N) is 1. The van der Waals surface area contributed by atoms with E-state index in [2.05, 4.69) is 49.4 Å². The molecule has 2 heteroatoms. The summed E-state index contributed by atoms with van der Waals surface area (Å²) in [5, 5.41) is 0. The van der Waals surface area contributed by atoms with Crippen molar-refractivity contribution in [3.63, 3.8) is 0 Å². The molecule has 0 bridgehead atoms. The van der Waals surface area contributed by atoms with Crippen LogP contribution in [0.4, 0.5) is 0 Å². The minimum absolute atomic E-state index is 0.346. The molecule has 0 amide bonds. The molecule has 3 atom stereocenters. The van der Waals surface area contributed by atoms with E-state index in [1.807, 2.05) is 0 Å². The van der Waals surface area contributed by atoms with E-state index in [1.165, 1.54) is 40.7 Å². The third-order valence-electron chi connectivity index (χ3n) is 6.28. The van der Waals surface area contributed by atoms with Gasteiger partial charge in [0.25, 0.3) is 0 Å². The average Bonchev–Trinajstić information content (AvgIpc) is 3.12. The van der Waals surface area contributed by atoms with E-state index >= 15 is 0 Å². The molecular formula is C24H31NO. The van der Waals surface area contributed by atoms with Gasteiger partial charge in [0.1, 0.15) is 0 Å². The summed E-state index contributed by atoms with van der Waals surface area (Å²) in [7, 11) is 0. The van der Waals surface area contributed by atoms with Gasteiger partial charge in [0.2, 0.25) is 0 Å². The second kappa shape index (κ2) is 7.94. The van der Waals surface area contributed by atoms with Crippen LogP contribution in [0.2, 0.25) is 0 Å². The third-order valence-corrected chi connectivity index (χ3v) is 6.28. The summed E-state index contributed by atoms with van der Waals surface area (Å²) in [5.74, 6) is 0.676. The molecule has 26 heavy (non-hydrogen) atoms. The number of hydrogen-bond acceptors (Lipinski definition) is 2. The molecule has 0 aliphatic heterocycles. The molecule has 2 N–H and O–H groups in total. The van der Waals surface area contributed by atoms with Gasteiger partial charge in [-0.25, -0.2) is 0 Å². The molecule has 2 aromatic carbocycles. The van der Waals surface area contributed by atoms with E-state index in [1.54, 1.807) is 0 Å². The van der Waals surface area contributed by atoms with Gasteiger partial charge in [0, 0.05) is 6.04 Å². The Morgan fingerprint density at radius 3 is 2.50 bits per heavy atom. The van der Waals surface area contributed by atoms with Crippen LogP contribution in [0, 0.1) is 0 Å². The fourth-order valence-electron chi connectivity index (χ4n) is 4.54. The van der Waals surface area contributed by atoms with E-state index in [0.29, 0.717) is 18.1 Å². The summed E-state index contributed by atoms with van der Waals surface area (Å²) in [6, 6.07) is 16.4. The summed E-state index contributed by atoms with van der Waals surface area (Å²) < 4.78 is 6.23. The van der Waals surface area contributed by atoms with Gasteiger partial charge >= 0.3 is 0 Å². The fourth-order valence-corrected chi connectivity index (χ4v) is 4.54. The summed E-state index contributed by atoms with van der Waals surface area (Å²) in [4.78, 5) is 0. The lowest BCUT2D eigenvalue weighted by Gasteiger charge is -2.26. The number of rotatable bonds is 5. The molecule has 4 rings (SSSR count). The van der Waals surface area contributed by atoms with Gasteiger partial charge < -0.3 is 10.5 Å². The molecule has 0 radical (unpaired) electrons. The summed E-state index contributed by atoms with van der Waals surface area (Å²) >= 11 is 0. The van der Waals surface area contributed by atoms with Crippen LogP contribution in [0.15, 0.2) is 42.5 Å². The first-order chi connectivity index (χ1) is 12.7. The highest BCUT2D eigenvalue weighted by molar-refractivity contribution is 5.36. The van der Waals surface area contributed by atoms with Gasteiger partial charge in [-0.05, 0) is 78.7 Å². The van der Waals surface area contributed by atoms with Gasteiger partial charge in [-0.3, -0.25) is 0 Å². The molecule has 2 aromatic rings. The predicted molar refractivity (Wildman–Crippen MR) is 107 cm³/mol. The lowest BCUT2D eigenvalue weighted by molar-refractivity contribution is 0.0319. The molecule has 138 valence electrons. The highest BCUT2D eigenvalue weighted by Gasteiger charge is 2.25. The first-order valence-electron chi connectivity index (χ1n) is 10.3. The summed E-state index contributed by atoms with van der Waals surface area (Å²) in [6.45, 7) is 2.92. The standard InChI is InChI=1S/C24H31NO/c1-2-17-3-5-18(6-4-17)16-26-24-12-10-20-13-19(7-8-22(20)15-24)21-9-11-23(25)14-21/h3-8,13,21,23-24H,2,9-12,14-16,25H2,1H3. The maximum atomic E-state index is 6.23. The quantitative estimate of drug-likeness (QED) is 0.832. The Hall–Kier alpha value is -1.64. The molecule has 0 spiro atoms. The van der Waals surface area contributed by atoms with E-state index in [0.717, 1.165) is 38.7 Å².